The van der Waals surface area contributed by atoms with E-state index in [0.717, 1.165) is 0 Å². The summed E-state index contributed by atoms with van der Waals surface area (Å²) < 4.78 is 21.0. The number of hydrogen-bond donors (Lipinski definition) is 0. The highest BCUT2D eigenvalue weighted by atomic mass is 16.5. The summed E-state index contributed by atoms with van der Waals surface area (Å²) in [5.41, 5.74) is 1.57. The quantitative estimate of drug-likeness (QED) is 0.223. The molecular formula is C24H22O6. The van der Waals surface area contributed by atoms with Crippen molar-refractivity contribution in [2.75, 3.05) is 27.4 Å². The van der Waals surface area contributed by atoms with Crippen LogP contribution in [0.5, 0.6) is 5.75 Å². The first-order valence-electron chi connectivity index (χ1n) is 9.34. The molecule has 30 heavy (non-hydrogen) atoms. The molecule has 2 aromatic carbocycles. The molecule has 1 heterocycles. The smallest absolute Gasteiger partial charge is 0.338 e. The topological polar surface area (TPSA) is 75.0 Å². The largest absolute Gasteiger partial charge is 0.491 e. The van der Waals surface area contributed by atoms with E-state index in [4.69, 9.17) is 18.6 Å². The minimum Gasteiger partial charge on any atom is -0.491 e. The van der Waals surface area contributed by atoms with Gasteiger partial charge in [0.1, 0.15) is 23.9 Å². The van der Waals surface area contributed by atoms with Crippen molar-refractivity contribution in [3.05, 3.63) is 83.6 Å². The Balaban J connectivity index is 1.69. The van der Waals surface area contributed by atoms with Gasteiger partial charge in [0.15, 0.2) is 5.78 Å². The van der Waals surface area contributed by atoms with Crippen LogP contribution in [0.15, 0.2) is 71.2 Å². The van der Waals surface area contributed by atoms with Crippen LogP contribution in [0.2, 0.25) is 0 Å². The van der Waals surface area contributed by atoms with E-state index in [1.54, 1.807) is 67.8 Å². The maximum Gasteiger partial charge on any atom is 0.338 e. The highest BCUT2D eigenvalue weighted by molar-refractivity contribution is 6.06. The normalized spacial score (nSPS) is 10.9. The molecule has 0 aliphatic heterocycles. The number of hydrogen-bond acceptors (Lipinski definition) is 6. The van der Waals surface area contributed by atoms with Gasteiger partial charge in [0.05, 0.1) is 19.3 Å². The van der Waals surface area contributed by atoms with Crippen molar-refractivity contribution in [3.8, 4) is 17.1 Å². The Labute approximate surface area is 174 Å². The van der Waals surface area contributed by atoms with Crippen molar-refractivity contribution in [3.63, 3.8) is 0 Å². The predicted octanol–water partition coefficient (Wildman–Crippen LogP) is 4.65. The standard InChI is InChI=1S/C24H22O6/c1-27-15-16-29-18-9-7-17(8-10-18)22(25)13-11-19-12-14-23(30-19)20-5-3-4-6-21(20)24(26)28-2/h3-14H,15-16H2,1-2H3/b13-11+. The molecule has 0 bridgehead atoms. The van der Waals surface area contributed by atoms with Crippen LogP contribution in [0.25, 0.3) is 17.4 Å². The molecule has 154 valence electrons. The number of rotatable bonds is 9. The van der Waals surface area contributed by atoms with Crippen molar-refractivity contribution in [2.45, 2.75) is 0 Å². The number of allylic oxidation sites excluding steroid dienone is 1. The van der Waals surface area contributed by atoms with E-state index in [0.29, 0.717) is 47.2 Å². The van der Waals surface area contributed by atoms with Gasteiger partial charge in [0.2, 0.25) is 0 Å². The molecule has 6 heteroatoms. The van der Waals surface area contributed by atoms with Gasteiger partial charge in [0, 0.05) is 18.2 Å². The lowest BCUT2D eigenvalue weighted by molar-refractivity contribution is 0.0601. The summed E-state index contributed by atoms with van der Waals surface area (Å²) in [5.74, 6) is 1.08. The van der Waals surface area contributed by atoms with Crippen LogP contribution in [-0.4, -0.2) is 39.2 Å². The highest BCUT2D eigenvalue weighted by Gasteiger charge is 2.15. The zero-order valence-electron chi connectivity index (χ0n) is 16.8. The zero-order valence-corrected chi connectivity index (χ0v) is 16.8. The SMILES string of the molecule is COCCOc1ccc(C(=O)/C=C/c2ccc(-c3ccccc3C(=O)OC)o2)cc1. The fraction of sp³-hybridized carbons (Fsp3) is 0.167. The van der Waals surface area contributed by atoms with E-state index in [9.17, 15) is 9.59 Å². The summed E-state index contributed by atoms with van der Waals surface area (Å²) in [6.45, 7) is 0.947. The van der Waals surface area contributed by atoms with E-state index in [2.05, 4.69) is 0 Å². The fourth-order valence-electron chi connectivity index (χ4n) is 2.79. The van der Waals surface area contributed by atoms with Crippen molar-refractivity contribution >= 4 is 17.8 Å². The van der Waals surface area contributed by atoms with Gasteiger partial charge < -0.3 is 18.6 Å². The first-order valence-corrected chi connectivity index (χ1v) is 9.34. The summed E-state index contributed by atoms with van der Waals surface area (Å²) in [7, 11) is 2.94. The van der Waals surface area contributed by atoms with Gasteiger partial charge in [-0.1, -0.05) is 18.2 Å². The lowest BCUT2D eigenvalue weighted by atomic mass is 10.1. The summed E-state index contributed by atoms with van der Waals surface area (Å²) in [6.07, 6.45) is 3.03. The lowest BCUT2D eigenvalue weighted by Crippen LogP contribution is -2.04. The second-order valence-electron chi connectivity index (χ2n) is 6.30. The minimum absolute atomic E-state index is 0.161. The molecule has 0 saturated heterocycles. The summed E-state index contributed by atoms with van der Waals surface area (Å²) in [4.78, 5) is 24.3. The van der Waals surface area contributed by atoms with Crippen LogP contribution >= 0.6 is 0 Å². The third kappa shape index (κ3) is 5.24. The summed E-state index contributed by atoms with van der Waals surface area (Å²) in [5, 5.41) is 0. The summed E-state index contributed by atoms with van der Waals surface area (Å²) in [6, 6.07) is 17.4. The van der Waals surface area contributed by atoms with Crippen molar-refractivity contribution in [2.24, 2.45) is 0 Å². The van der Waals surface area contributed by atoms with E-state index in [-0.39, 0.29) is 5.78 Å². The Bertz CT molecular complexity index is 1030. The van der Waals surface area contributed by atoms with Gasteiger partial charge in [-0.15, -0.1) is 0 Å². The zero-order chi connectivity index (χ0) is 21.3. The van der Waals surface area contributed by atoms with E-state index in [1.807, 2.05) is 6.07 Å². The Morgan fingerprint density at radius 2 is 1.70 bits per heavy atom. The number of carbonyl (C=O) groups is 2. The lowest BCUT2D eigenvalue weighted by Gasteiger charge is -2.05. The van der Waals surface area contributed by atoms with E-state index >= 15 is 0 Å². The third-order valence-electron chi connectivity index (χ3n) is 4.32. The molecule has 0 saturated carbocycles. The van der Waals surface area contributed by atoms with Gasteiger partial charge in [-0.3, -0.25) is 4.79 Å². The van der Waals surface area contributed by atoms with E-state index < -0.39 is 5.97 Å². The summed E-state index contributed by atoms with van der Waals surface area (Å²) >= 11 is 0. The second-order valence-corrected chi connectivity index (χ2v) is 6.30. The maximum atomic E-state index is 12.4. The Kier molecular flexibility index (Phi) is 7.19. The van der Waals surface area contributed by atoms with Crippen LogP contribution in [-0.2, 0) is 9.47 Å². The second kappa shape index (κ2) is 10.2. The molecular weight excluding hydrogens is 384 g/mol. The average Bonchev–Trinajstić information content (AvgIpc) is 3.26. The first-order chi connectivity index (χ1) is 14.6. The third-order valence-corrected chi connectivity index (χ3v) is 4.32. The Morgan fingerprint density at radius 1 is 0.933 bits per heavy atom. The molecule has 1 aromatic heterocycles. The molecule has 0 amide bonds. The molecule has 0 spiro atoms. The van der Waals surface area contributed by atoms with Gasteiger partial charge in [-0.05, 0) is 54.6 Å². The molecule has 3 aromatic rings. The van der Waals surface area contributed by atoms with Crippen LogP contribution < -0.4 is 4.74 Å². The van der Waals surface area contributed by atoms with Crippen LogP contribution in [0.1, 0.15) is 26.5 Å². The van der Waals surface area contributed by atoms with Crippen LogP contribution in [0.4, 0.5) is 0 Å². The number of furan rings is 1. The first kappa shape index (κ1) is 21.1. The van der Waals surface area contributed by atoms with E-state index in [1.165, 1.54) is 13.2 Å². The van der Waals surface area contributed by atoms with Crippen LogP contribution in [0.3, 0.4) is 0 Å². The molecule has 0 aliphatic carbocycles. The molecule has 0 fully saturated rings. The molecule has 0 N–H and O–H groups in total. The predicted molar refractivity (Wildman–Crippen MR) is 113 cm³/mol. The number of ether oxygens (including phenoxy) is 3. The minimum atomic E-state index is -0.441. The average molecular weight is 406 g/mol. The molecule has 0 atom stereocenters. The number of benzene rings is 2. The molecule has 3 rings (SSSR count). The monoisotopic (exact) mass is 406 g/mol. The maximum absolute atomic E-state index is 12.4. The number of methoxy groups -OCH3 is 2. The van der Waals surface area contributed by atoms with Crippen LogP contribution in [0, 0.1) is 0 Å². The van der Waals surface area contributed by atoms with Gasteiger partial charge in [0.25, 0.3) is 0 Å². The number of ketones is 1. The molecule has 0 aliphatic rings. The van der Waals surface area contributed by atoms with Gasteiger partial charge >= 0.3 is 5.97 Å². The molecule has 6 nitrogen and oxygen atoms in total. The van der Waals surface area contributed by atoms with Gasteiger partial charge in [-0.25, -0.2) is 4.79 Å². The highest BCUT2D eigenvalue weighted by Crippen LogP contribution is 2.27. The number of carbonyl (C=O) groups excluding carboxylic acids is 2. The Morgan fingerprint density at radius 3 is 2.43 bits per heavy atom. The van der Waals surface area contributed by atoms with Crippen molar-refractivity contribution < 1.29 is 28.2 Å². The molecule has 0 unspecified atom stereocenters. The van der Waals surface area contributed by atoms with Crippen molar-refractivity contribution in [1.82, 2.24) is 0 Å². The van der Waals surface area contributed by atoms with Gasteiger partial charge in [-0.2, -0.15) is 0 Å². The van der Waals surface area contributed by atoms with Crippen molar-refractivity contribution in [1.29, 1.82) is 0 Å². The molecule has 0 radical (unpaired) electrons. The Hall–Kier alpha value is -3.64. The fourth-order valence-corrected chi connectivity index (χ4v) is 2.79. The number of esters is 1.